The van der Waals surface area contributed by atoms with Crippen molar-refractivity contribution in [2.75, 3.05) is 7.11 Å². The molecule has 0 spiro atoms. The van der Waals surface area contributed by atoms with Crippen LogP contribution in [0.5, 0.6) is 11.6 Å². The van der Waals surface area contributed by atoms with E-state index < -0.39 is 5.91 Å². The first-order valence-electron chi connectivity index (χ1n) is 12.8. The zero-order valence-corrected chi connectivity index (χ0v) is 23.9. The van der Waals surface area contributed by atoms with Gasteiger partial charge in [-0.05, 0) is 67.8 Å². The number of carbonyl (C=O) groups excluding carboxylic acids is 1. The summed E-state index contributed by atoms with van der Waals surface area (Å²) in [6, 6.07) is 20.8. The number of hydrogen-bond donors (Lipinski definition) is 1. The third-order valence-corrected chi connectivity index (χ3v) is 7.25. The van der Waals surface area contributed by atoms with Crippen LogP contribution in [0.1, 0.15) is 36.2 Å². The lowest BCUT2D eigenvalue weighted by Crippen LogP contribution is -2.00. The van der Waals surface area contributed by atoms with E-state index in [1.807, 2.05) is 66.1 Å². The van der Waals surface area contributed by atoms with Gasteiger partial charge < -0.3 is 14.4 Å². The second-order valence-corrected chi connectivity index (χ2v) is 10.9. The van der Waals surface area contributed by atoms with Crippen LogP contribution in [-0.4, -0.2) is 27.7 Å². The number of pyridine rings is 1. The van der Waals surface area contributed by atoms with Gasteiger partial charge in [0.05, 0.1) is 29.4 Å². The van der Waals surface area contributed by atoms with Crippen LogP contribution >= 0.6 is 15.9 Å². The van der Waals surface area contributed by atoms with Gasteiger partial charge in [-0.3, -0.25) is 4.79 Å². The number of methoxy groups -OCH3 is 1. The van der Waals surface area contributed by atoms with Crippen molar-refractivity contribution in [1.29, 1.82) is 0 Å². The van der Waals surface area contributed by atoms with Crippen LogP contribution in [0.2, 0.25) is 0 Å². The number of carbonyl (C=O) groups is 1. The summed E-state index contributed by atoms with van der Waals surface area (Å²) in [6.07, 6.45) is 0.875. The van der Waals surface area contributed by atoms with E-state index in [1.165, 1.54) is 0 Å². The highest BCUT2D eigenvalue weighted by atomic mass is 79.9. The summed E-state index contributed by atoms with van der Waals surface area (Å²) in [5, 5.41) is 20.9. The second kappa shape index (κ2) is 11.0. The van der Waals surface area contributed by atoms with Crippen LogP contribution in [-0.2, 0) is 6.54 Å². The minimum absolute atomic E-state index is 0.0264. The number of nitrogens with zero attached hydrogens (tertiary/aromatic N) is 4. The van der Waals surface area contributed by atoms with Gasteiger partial charge >= 0.3 is 0 Å². The Bertz CT molecular complexity index is 1720. The summed E-state index contributed by atoms with van der Waals surface area (Å²) in [5.41, 5.74) is 4.68. The van der Waals surface area contributed by atoms with Gasteiger partial charge in [0.1, 0.15) is 5.75 Å². The fourth-order valence-electron chi connectivity index (χ4n) is 4.58. The number of benzene rings is 3. The summed E-state index contributed by atoms with van der Waals surface area (Å²) in [6.45, 7) is 6.85. The van der Waals surface area contributed by atoms with E-state index in [2.05, 4.69) is 40.0 Å². The van der Waals surface area contributed by atoms with E-state index in [1.54, 1.807) is 19.2 Å². The molecule has 2 aromatic heterocycles. The van der Waals surface area contributed by atoms with Gasteiger partial charge in [-0.1, -0.05) is 53.5 Å². The number of ether oxygens (including phenoxy) is 1. The predicted molar refractivity (Wildman–Crippen MR) is 158 cm³/mol. The molecule has 0 saturated carbocycles. The van der Waals surface area contributed by atoms with Crippen LogP contribution in [0.15, 0.2) is 81.4 Å². The van der Waals surface area contributed by atoms with E-state index in [0.717, 1.165) is 27.5 Å². The smallest absolute Gasteiger partial charge is 0.296 e. The van der Waals surface area contributed by atoms with Gasteiger partial charge in [-0.25, -0.2) is 4.98 Å². The molecule has 39 heavy (non-hydrogen) atoms. The number of fused-ring (bicyclic) bond motifs is 2. The Morgan fingerprint density at radius 2 is 1.82 bits per heavy atom. The summed E-state index contributed by atoms with van der Waals surface area (Å²) in [5.74, 6) is 0.536. The number of amides is 1. The first-order valence-corrected chi connectivity index (χ1v) is 13.6. The van der Waals surface area contributed by atoms with Gasteiger partial charge in [0.25, 0.3) is 5.91 Å². The molecular formula is C31H29BrN4O3. The quantitative estimate of drug-likeness (QED) is 0.194. The minimum Gasteiger partial charge on any atom is -0.497 e. The molecule has 8 heteroatoms. The zero-order chi connectivity index (χ0) is 27.7. The molecular weight excluding hydrogens is 556 g/mol. The molecule has 0 fully saturated rings. The predicted octanol–water partition coefficient (Wildman–Crippen LogP) is 8.61. The summed E-state index contributed by atoms with van der Waals surface area (Å²) < 4.78 is 8.17. The van der Waals surface area contributed by atoms with Crippen LogP contribution in [0.25, 0.3) is 33.1 Å². The minimum atomic E-state index is -0.517. The second-order valence-electron chi connectivity index (χ2n) is 9.98. The normalized spacial score (nSPS) is 11.7. The van der Waals surface area contributed by atoms with E-state index in [9.17, 15) is 9.90 Å². The average Bonchev–Trinajstić information content (AvgIpc) is 3.19. The molecule has 0 aliphatic carbocycles. The lowest BCUT2D eigenvalue weighted by atomic mass is 10.0. The molecule has 1 amide bonds. The van der Waals surface area contributed by atoms with Crippen molar-refractivity contribution in [2.24, 2.45) is 16.1 Å². The number of aromatic nitrogens is 2. The highest BCUT2D eigenvalue weighted by Crippen LogP contribution is 2.41. The molecule has 5 aromatic rings. The highest BCUT2D eigenvalue weighted by Gasteiger charge is 2.19. The van der Waals surface area contributed by atoms with Crippen molar-refractivity contribution < 1.29 is 14.6 Å². The number of aryl methyl sites for hydroxylation is 2. The largest absolute Gasteiger partial charge is 0.497 e. The number of aromatic hydroxyl groups is 1. The van der Waals surface area contributed by atoms with Gasteiger partial charge in [-0.2, -0.15) is 0 Å². The van der Waals surface area contributed by atoms with Crippen molar-refractivity contribution in [3.63, 3.8) is 0 Å². The molecule has 2 heterocycles. The Balaban J connectivity index is 1.61. The van der Waals surface area contributed by atoms with Crippen LogP contribution in [0.3, 0.4) is 0 Å². The summed E-state index contributed by atoms with van der Waals surface area (Å²) >= 11 is 3.46. The SMILES string of the molecule is COc1ccc2c(c1)c(N=NC(=O)c1cc(-c3ccc(Br)cc3)nc3ccc(C)cc13)c(O)n2CCC(C)C. The molecule has 0 atom stereocenters. The van der Waals surface area contributed by atoms with E-state index in [0.29, 0.717) is 45.8 Å². The Hall–Kier alpha value is -4.04. The van der Waals surface area contributed by atoms with Gasteiger partial charge in [0, 0.05) is 27.4 Å². The van der Waals surface area contributed by atoms with Crippen molar-refractivity contribution >= 4 is 49.3 Å². The third kappa shape index (κ3) is 5.43. The van der Waals surface area contributed by atoms with Crippen LogP contribution in [0.4, 0.5) is 5.69 Å². The molecule has 0 unspecified atom stereocenters. The molecule has 1 N–H and O–H groups in total. The molecule has 3 aromatic carbocycles. The zero-order valence-electron chi connectivity index (χ0n) is 22.3. The molecule has 0 radical (unpaired) electrons. The topological polar surface area (TPSA) is 89.1 Å². The molecule has 0 aliphatic heterocycles. The van der Waals surface area contributed by atoms with Crippen molar-refractivity contribution in [1.82, 2.24) is 9.55 Å². The fourth-order valence-corrected chi connectivity index (χ4v) is 4.84. The lowest BCUT2D eigenvalue weighted by molar-refractivity contribution is 0.0996. The van der Waals surface area contributed by atoms with Crippen molar-refractivity contribution in [3.05, 3.63) is 82.3 Å². The molecule has 0 aliphatic rings. The van der Waals surface area contributed by atoms with E-state index in [-0.39, 0.29) is 11.6 Å². The average molecular weight is 586 g/mol. The molecule has 5 rings (SSSR count). The highest BCUT2D eigenvalue weighted by molar-refractivity contribution is 9.10. The Kier molecular flexibility index (Phi) is 7.48. The third-order valence-electron chi connectivity index (χ3n) is 6.72. The molecule has 0 saturated heterocycles. The molecule has 0 bridgehead atoms. The Labute approximate surface area is 235 Å². The Morgan fingerprint density at radius 1 is 1.05 bits per heavy atom. The van der Waals surface area contributed by atoms with E-state index >= 15 is 0 Å². The summed E-state index contributed by atoms with van der Waals surface area (Å²) in [4.78, 5) is 18.4. The maximum atomic E-state index is 13.6. The van der Waals surface area contributed by atoms with Crippen LogP contribution in [0, 0.1) is 12.8 Å². The Morgan fingerprint density at radius 3 is 2.54 bits per heavy atom. The van der Waals surface area contributed by atoms with E-state index in [4.69, 9.17) is 9.72 Å². The number of hydrogen-bond acceptors (Lipinski definition) is 5. The summed E-state index contributed by atoms with van der Waals surface area (Å²) in [7, 11) is 1.58. The van der Waals surface area contributed by atoms with Crippen LogP contribution < -0.4 is 4.74 Å². The van der Waals surface area contributed by atoms with Gasteiger partial charge in [-0.15, -0.1) is 10.2 Å². The number of rotatable bonds is 7. The maximum Gasteiger partial charge on any atom is 0.296 e. The maximum absolute atomic E-state index is 13.6. The lowest BCUT2D eigenvalue weighted by Gasteiger charge is -2.09. The standard InChI is InChI=1S/C31H29BrN4O3/c1-18(2)13-14-36-28-12-10-22(39-4)16-25(28)29(31(36)38)34-35-30(37)24-17-27(20-6-8-21(32)9-7-20)33-26-11-5-19(3)15-23(24)26/h5-12,15-18,38H,13-14H2,1-4H3. The number of azo groups is 1. The molecule has 7 nitrogen and oxygen atoms in total. The first kappa shape index (κ1) is 26.6. The molecule has 198 valence electrons. The number of halogens is 1. The monoisotopic (exact) mass is 584 g/mol. The first-order chi connectivity index (χ1) is 18.7. The fraction of sp³-hybridized carbons (Fsp3) is 0.226. The van der Waals surface area contributed by atoms with Crippen molar-refractivity contribution in [3.8, 4) is 22.9 Å². The van der Waals surface area contributed by atoms with Crippen molar-refractivity contribution in [2.45, 2.75) is 33.7 Å². The van der Waals surface area contributed by atoms with Gasteiger partial charge in [0.2, 0.25) is 5.88 Å². The van der Waals surface area contributed by atoms with Gasteiger partial charge in [0.15, 0.2) is 5.69 Å².